The molecule has 2 aromatic heterocycles. The maximum Gasteiger partial charge on any atom is 0.147 e. The van der Waals surface area contributed by atoms with Gasteiger partial charge in [0.05, 0.1) is 5.39 Å². The first kappa shape index (κ1) is 37.7. The number of hydrogen-bond acceptors (Lipinski definition) is 4. The summed E-state index contributed by atoms with van der Waals surface area (Å²) in [5.41, 5.74) is 14.6. The molecule has 4 nitrogen and oxygen atoms in total. The Labute approximate surface area is 381 Å². The van der Waals surface area contributed by atoms with Crippen molar-refractivity contribution in [2.24, 2.45) is 0 Å². The second-order valence-corrected chi connectivity index (χ2v) is 16.9. The van der Waals surface area contributed by atoms with E-state index in [-0.39, 0.29) is 0 Å². The lowest BCUT2D eigenvalue weighted by Crippen LogP contribution is -2.09. The number of anilines is 6. The van der Waals surface area contributed by atoms with Gasteiger partial charge in [0, 0.05) is 50.3 Å². The first-order valence-electron chi connectivity index (χ1n) is 22.4. The third kappa shape index (κ3) is 6.46. The van der Waals surface area contributed by atoms with Crippen LogP contribution in [0.5, 0.6) is 0 Å². The molecule has 0 bridgehead atoms. The number of para-hydroxylation sites is 2. The summed E-state index contributed by atoms with van der Waals surface area (Å²) in [5, 5.41) is 8.67. The Morgan fingerprint density at radius 1 is 0.242 bits per heavy atom. The average molecular weight is 845 g/mol. The largest absolute Gasteiger partial charge is 0.456 e. The van der Waals surface area contributed by atoms with Gasteiger partial charge in [0.25, 0.3) is 0 Å². The van der Waals surface area contributed by atoms with E-state index < -0.39 is 0 Å². The lowest BCUT2D eigenvalue weighted by atomic mass is 10.0. The van der Waals surface area contributed by atoms with Gasteiger partial charge in [0.2, 0.25) is 0 Å². The van der Waals surface area contributed by atoms with E-state index in [2.05, 4.69) is 252 Å². The molecule has 0 aliphatic heterocycles. The fraction of sp³-hybridized carbons (Fsp3) is 0. The summed E-state index contributed by atoms with van der Waals surface area (Å²) in [6, 6.07) is 86.3. The van der Waals surface area contributed by atoms with Gasteiger partial charge in [-0.1, -0.05) is 133 Å². The molecule has 2 heterocycles. The van der Waals surface area contributed by atoms with Crippen LogP contribution in [0, 0.1) is 0 Å². The third-order valence-electron chi connectivity index (χ3n) is 13.0. The SMILES string of the molecule is c1ccc(-c2ccc(N(c3ccccc3)c3ccc4cc5c(cc4c3)oc3c5ccc4oc5cc6cc(N(c7ccccc7)c7ccc(-c8ccccc8)cc7)ccc6cc5c43)cc2)cc1. The molecule has 0 fully saturated rings. The maximum atomic E-state index is 6.88. The van der Waals surface area contributed by atoms with Gasteiger partial charge in [0.15, 0.2) is 0 Å². The molecular weight excluding hydrogens is 805 g/mol. The molecule has 0 saturated heterocycles. The van der Waals surface area contributed by atoms with E-state index in [1.54, 1.807) is 0 Å². The smallest absolute Gasteiger partial charge is 0.147 e. The highest BCUT2D eigenvalue weighted by Crippen LogP contribution is 2.44. The van der Waals surface area contributed by atoms with Gasteiger partial charge >= 0.3 is 0 Å². The summed E-state index contributed by atoms with van der Waals surface area (Å²) in [7, 11) is 0. The molecule has 0 amide bonds. The van der Waals surface area contributed by atoms with Crippen molar-refractivity contribution >= 4 is 99.5 Å². The van der Waals surface area contributed by atoms with Gasteiger partial charge in [-0.15, -0.1) is 0 Å². The van der Waals surface area contributed by atoms with Crippen molar-refractivity contribution in [3.8, 4) is 22.3 Å². The van der Waals surface area contributed by atoms with Crippen molar-refractivity contribution in [1.82, 2.24) is 0 Å². The number of fused-ring (bicyclic) bond motifs is 9. The van der Waals surface area contributed by atoms with Crippen LogP contribution < -0.4 is 9.80 Å². The maximum absolute atomic E-state index is 6.88. The molecule has 13 aromatic rings. The van der Waals surface area contributed by atoms with Gasteiger partial charge in [-0.3, -0.25) is 0 Å². The van der Waals surface area contributed by atoms with Crippen molar-refractivity contribution in [2.75, 3.05) is 9.80 Å². The molecular formula is C62H40N2O2. The van der Waals surface area contributed by atoms with Crippen LogP contribution in [0.3, 0.4) is 0 Å². The van der Waals surface area contributed by atoms with Gasteiger partial charge in [-0.2, -0.15) is 0 Å². The van der Waals surface area contributed by atoms with Crippen molar-refractivity contribution in [3.63, 3.8) is 0 Å². The highest BCUT2D eigenvalue weighted by molar-refractivity contribution is 6.24. The second kappa shape index (κ2) is 15.4. The highest BCUT2D eigenvalue weighted by Gasteiger charge is 2.20. The summed E-state index contributed by atoms with van der Waals surface area (Å²) in [5.74, 6) is 0. The minimum Gasteiger partial charge on any atom is -0.456 e. The van der Waals surface area contributed by atoms with Crippen molar-refractivity contribution in [3.05, 3.63) is 243 Å². The molecule has 0 saturated carbocycles. The van der Waals surface area contributed by atoms with Crippen LogP contribution in [0.15, 0.2) is 251 Å². The zero-order valence-corrected chi connectivity index (χ0v) is 35.8. The van der Waals surface area contributed by atoms with Gasteiger partial charge < -0.3 is 18.6 Å². The number of benzene rings is 11. The number of hydrogen-bond donors (Lipinski definition) is 0. The van der Waals surface area contributed by atoms with E-state index in [9.17, 15) is 0 Å². The van der Waals surface area contributed by atoms with Gasteiger partial charge in [-0.25, -0.2) is 0 Å². The molecule has 13 rings (SSSR count). The molecule has 0 radical (unpaired) electrons. The molecule has 0 aliphatic carbocycles. The normalized spacial score (nSPS) is 11.6. The fourth-order valence-electron chi connectivity index (χ4n) is 9.75. The first-order chi connectivity index (χ1) is 32.7. The molecule has 0 spiro atoms. The highest BCUT2D eigenvalue weighted by atomic mass is 16.3. The van der Waals surface area contributed by atoms with Crippen LogP contribution in [0.4, 0.5) is 34.1 Å². The zero-order chi connectivity index (χ0) is 43.6. The molecule has 0 aliphatic rings. The molecule has 4 heteroatoms. The summed E-state index contributed by atoms with van der Waals surface area (Å²) in [4.78, 5) is 4.62. The number of rotatable bonds is 8. The van der Waals surface area contributed by atoms with Crippen molar-refractivity contribution < 1.29 is 8.83 Å². The Morgan fingerprint density at radius 3 is 1.15 bits per heavy atom. The second-order valence-electron chi connectivity index (χ2n) is 16.9. The Hall–Kier alpha value is -8.86. The Bertz CT molecular complexity index is 3900. The zero-order valence-electron chi connectivity index (χ0n) is 35.8. The van der Waals surface area contributed by atoms with E-state index in [1.807, 2.05) is 0 Å². The van der Waals surface area contributed by atoms with Crippen LogP contribution in [-0.2, 0) is 0 Å². The molecule has 310 valence electrons. The van der Waals surface area contributed by atoms with E-state index in [0.29, 0.717) is 0 Å². The predicted molar refractivity (Wildman–Crippen MR) is 276 cm³/mol. The number of furan rings is 2. The lowest BCUT2D eigenvalue weighted by Gasteiger charge is -2.26. The third-order valence-corrected chi connectivity index (χ3v) is 13.0. The Morgan fingerprint density at radius 2 is 0.652 bits per heavy atom. The van der Waals surface area contributed by atoms with Gasteiger partial charge in [0.1, 0.15) is 22.3 Å². The van der Waals surface area contributed by atoms with E-state index in [0.717, 1.165) is 99.5 Å². The molecule has 66 heavy (non-hydrogen) atoms. The topological polar surface area (TPSA) is 32.8 Å². The van der Waals surface area contributed by atoms with E-state index >= 15 is 0 Å². The van der Waals surface area contributed by atoms with E-state index in [1.165, 1.54) is 22.3 Å². The Kier molecular flexibility index (Phi) is 8.81. The summed E-state index contributed by atoms with van der Waals surface area (Å²) < 4.78 is 13.5. The summed E-state index contributed by atoms with van der Waals surface area (Å²) in [6.07, 6.45) is 0. The molecule has 0 atom stereocenters. The quantitative estimate of drug-likeness (QED) is 0.153. The molecule has 0 N–H and O–H groups in total. The average Bonchev–Trinajstić information content (AvgIpc) is 3.93. The summed E-state index contributed by atoms with van der Waals surface area (Å²) >= 11 is 0. The van der Waals surface area contributed by atoms with Gasteiger partial charge in [-0.05, 0) is 153 Å². The Balaban J connectivity index is 0.889. The van der Waals surface area contributed by atoms with Crippen LogP contribution in [-0.4, -0.2) is 0 Å². The standard InChI is InChI=1S/C62H40N2O2/c1-5-13-41(14-6-1)43-21-27-51(28-22-43)63(49-17-9-3-10-18-49)53-31-25-45-37-56-55-33-34-58-61(62(55)66-59(56)39-47(45)35-53)57-38-46-26-32-54(36-48(46)40-60(57)65-58)64(50-19-11-4-12-20-50)52-29-23-44(24-30-52)42-15-7-2-8-16-42/h1-40H. The monoisotopic (exact) mass is 844 g/mol. The minimum absolute atomic E-state index is 0.806. The van der Waals surface area contributed by atoms with Crippen LogP contribution >= 0.6 is 0 Å². The first-order valence-corrected chi connectivity index (χ1v) is 22.4. The fourth-order valence-corrected chi connectivity index (χ4v) is 9.75. The summed E-state index contributed by atoms with van der Waals surface area (Å²) in [6.45, 7) is 0. The number of nitrogens with zero attached hydrogens (tertiary/aromatic N) is 2. The van der Waals surface area contributed by atoms with Crippen molar-refractivity contribution in [1.29, 1.82) is 0 Å². The molecule has 0 unspecified atom stereocenters. The lowest BCUT2D eigenvalue weighted by molar-refractivity contribution is 0.663. The minimum atomic E-state index is 0.806. The van der Waals surface area contributed by atoms with Crippen LogP contribution in [0.25, 0.3) is 87.7 Å². The van der Waals surface area contributed by atoms with Crippen LogP contribution in [0.1, 0.15) is 0 Å². The van der Waals surface area contributed by atoms with E-state index in [4.69, 9.17) is 8.83 Å². The van der Waals surface area contributed by atoms with Crippen LogP contribution in [0.2, 0.25) is 0 Å². The van der Waals surface area contributed by atoms with Crippen molar-refractivity contribution in [2.45, 2.75) is 0 Å². The molecule has 11 aromatic carbocycles. The predicted octanol–water partition coefficient (Wildman–Crippen LogP) is 18.1.